The molecule has 0 bridgehead atoms. The number of nitrogens with one attached hydrogen (secondary N) is 2. The topological polar surface area (TPSA) is 86.2 Å². The van der Waals surface area contributed by atoms with Crippen molar-refractivity contribution >= 4 is 29.3 Å². The van der Waals surface area contributed by atoms with Crippen LogP contribution in [-0.4, -0.2) is 31.9 Å². The molecule has 1 saturated carbocycles. The summed E-state index contributed by atoms with van der Waals surface area (Å²) in [6.07, 6.45) is 10.5. The van der Waals surface area contributed by atoms with Crippen molar-refractivity contribution in [2.45, 2.75) is 64.0 Å². The van der Waals surface area contributed by atoms with Crippen LogP contribution in [0, 0.1) is 4.77 Å². The van der Waals surface area contributed by atoms with E-state index in [0.29, 0.717) is 0 Å². The summed E-state index contributed by atoms with van der Waals surface area (Å²) in [6, 6.07) is 8.34. The first-order valence-electron chi connectivity index (χ1n) is 10.7. The smallest absolute Gasteiger partial charge is 0.264 e. The van der Waals surface area contributed by atoms with Gasteiger partial charge in [-0.2, -0.15) is 0 Å². The van der Waals surface area contributed by atoms with Crippen LogP contribution in [0.3, 0.4) is 0 Å². The molecule has 158 valence electrons. The van der Waals surface area contributed by atoms with Crippen molar-refractivity contribution in [3.63, 3.8) is 0 Å². The van der Waals surface area contributed by atoms with Crippen molar-refractivity contribution in [3.8, 4) is 5.88 Å². The van der Waals surface area contributed by atoms with Gasteiger partial charge in [-0.1, -0.05) is 44.4 Å². The van der Waals surface area contributed by atoms with Crippen molar-refractivity contribution in [3.05, 3.63) is 56.7 Å². The van der Waals surface area contributed by atoms with Crippen LogP contribution in [0.5, 0.6) is 5.88 Å². The lowest BCUT2D eigenvalue weighted by atomic mass is 9.95. The lowest BCUT2D eigenvalue weighted by Crippen LogP contribution is -2.23. The quantitative estimate of drug-likeness (QED) is 0.383. The highest BCUT2D eigenvalue weighted by atomic mass is 32.1. The minimum absolute atomic E-state index is 0.00862. The Morgan fingerprint density at radius 3 is 2.83 bits per heavy atom. The monoisotopic (exact) mass is 424 g/mol. The first kappa shape index (κ1) is 20.6. The average Bonchev–Trinajstić information content (AvgIpc) is 3.16. The number of benzene rings is 1. The van der Waals surface area contributed by atoms with Crippen LogP contribution >= 0.6 is 12.2 Å². The fourth-order valence-corrected chi connectivity index (χ4v) is 4.71. The lowest BCUT2D eigenvalue weighted by molar-refractivity contribution is 0.303. The number of fused-ring (bicyclic) bond motifs is 1. The summed E-state index contributed by atoms with van der Waals surface area (Å²) in [4.78, 5) is 23.2. The first-order valence-corrected chi connectivity index (χ1v) is 11.1. The third-order valence-electron chi connectivity index (χ3n) is 6.11. The number of rotatable bonds is 6. The van der Waals surface area contributed by atoms with Crippen LogP contribution in [0.4, 0.5) is 0 Å². The molecule has 1 aliphatic carbocycles. The number of nitrogens with zero attached hydrogens (tertiary/aromatic N) is 2. The molecule has 1 aromatic carbocycles. The zero-order valence-electron chi connectivity index (χ0n) is 17.2. The van der Waals surface area contributed by atoms with E-state index in [2.05, 4.69) is 34.0 Å². The van der Waals surface area contributed by atoms with Crippen LogP contribution in [0.2, 0.25) is 0 Å². The predicted octanol–water partition coefficient (Wildman–Crippen LogP) is 5.04. The van der Waals surface area contributed by atoms with Crippen molar-refractivity contribution in [1.29, 1.82) is 0 Å². The highest BCUT2D eigenvalue weighted by Gasteiger charge is 2.21. The average molecular weight is 425 g/mol. The predicted molar refractivity (Wildman–Crippen MR) is 123 cm³/mol. The molecule has 1 atom stereocenters. The maximum absolute atomic E-state index is 12.5. The van der Waals surface area contributed by atoms with Gasteiger partial charge in [0.2, 0.25) is 5.88 Å². The standard InChI is InChI=1S/C23H28N4O2S/c1-2-16(12-15-13-25-20-11-7-6-10-18(15)20)24-14-19-21(28)26-23(30)27(22(19)29)17-8-4-3-5-9-17/h6-7,10-11,13-14,16-17,25,29H,2-5,8-9,12H2,1H3,(H,26,28,30). The molecule has 1 unspecified atom stereocenters. The molecular weight excluding hydrogens is 396 g/mol. The van der Waals surface area contributed by atoms with E-state index in [0.717, 1.165) is 44.0 Å². The van der Waals surface area contributed by atoms with Gasteiger partial charge >= 0.3 is 0 Å². The Morgan fingerprint density at radius 1 is 1.30 bits per heavy atom. The molecule has 2 aromatic heterocycles. The van der Waals surface area contributed by atoms with E-state index in [4.69, 9.17) is 12.2 Å². The second-order valence-electron chi connectivity index (χ2n) is 8.06. The number of para-hydroxylation sites is 1. The van der Waals surface area contributed by atoms with Crippen LogP contribution in [0.15, 0.2) is 40.2 Å². The van der Waals surface area contributed by atoms with Gasteiger partial charge in [0.15, 0.2) is 4.77 Å². The number of aromatic hydroxyl groups is 1. The Balaban J connectivity index is 1.61. The summed E-state index contributed by atoms with van der Waals surface area (Å²) >= 11 is 5.35. The lowest BCUT2D eigenvalue weighted by Gasteiger charge is -2.25. The number of aromatic amines is 2. The normalized spacial score (nSPS) is 16.4. The van der Waals surface area contributed by atoms with Gasteiger partial charge in [0.25, 0.3) is 5.56 Å². The number of aromatic nitrogens is 3. The number of hydrogen-bond acceptors (Lipinski definition) is 4. The number of H-pyrrole nitrogens is 2. The summed E-state index contributed by atoms with van der Waals surface area (Å²) in [7, 11) is 0. The molecule has 3 N–H and O–H groups in total. The third kappa shape index (κ3) is 4.12. The van der Waals surface area contributed by atoms with Crippen LogP contribution < -0.4 is 5.56 Å². The summed E-state index contributed by atoms with van der Waals surface area (Å²) in [6.45, 7) is 2.08. The zero-order chi connectivity index (χ0) is 21.1. The van der Waals surface area contributed by atoms with Crippen LogP contribution in [-0.2, 0) is 6.42 Å². The molecule has 0 aliphatic heterocycles. The molecule has 2 heterocycles. The molecular formula is C23H28N4O2S. The van der Waals surface area contributed by atoms with Gasteiger partial charge in [-0.25, -0.2) is 0 Å². The molecule has 4 rings (SSSR count). The molecule has 0 amide bonds. The highest BCUT2D eigenvalue weighted by molar-refractivity contribution is 7.71. The van der Waals surface area contributed by atoms with Crippen LogP contribution in [0.1, 0.15) is 62.6 Å². The van der Waals surface area contributed by atoms with E-state index in [1.807, 2.05) is 18.3 Å². The number of aliphatic imine (C=N–C) groups is 1. The van der Waals surface area contributed by atoms with Crippen molar-refractivity contribution in [1.82, 2.24) is 14.5 Å². The molecule has 0 spiro atoms. The summed E-state index contributed by atoms with van der Waals surface area (Å²) in [5, 5.41) is 12.1. The maximum Gasteiger partial charge on any atom is 0.264 e. The molecule has 0 saturated heterocycles. The van der Waals surface area contributed by atoms with Gasteiger partial charge in [0.05, 0.1) is 6.04 Å². The van der Waals surface area contributed by atoms with E-state index in [9.17, 15) is 9.90 Å². The summed E-state index contributed by atoms with van der Waals surface area (Å²) in [5.74, 6) is -0.0682. The Kier molecular flexibility index (Phi) is 6.18. The number of hydrogen-bond donors (Lipinski definition) is 3. The van der Waals surface area contributed by atoms with Crippen molar-refractivity contribution < 1.29 is 5.11 Å². The largest absolute Gasteiger partial charge is 0.494 e. The van der Waals surface area contributed by atoms with E-state index < -0.39 is 5.56 Å². The van der Waals surface area contributed by atoms with Crippen molar-refractivity contribution in [2.24, 2.45) is 4.99 Å². The van der Waals surface area contributed by atoms with Gasteiger partial charge in [0, 0.05) is 29.4 Å². The van der Waals surface area contributed by atoms with Gasteiger partial charge in [-0.05, 0) is 49.5 Å². The zero-order valence-corrected chi connectivity index (χ0v) is 18.0. The molecule has 0 radical (unpaired) electrons. The van der Waals surface area contributed by atoms with Gasteiger partial charge in [-0.15, -0.1) is 0 Å². The van der Waals surface area contributed by atoms with Crippen LogP contribution in [0.25, 0.3) is 10.9 Å². The minimum Gasteiger partial charge on any atom is -0.494 e. The highest BCUT2D eigenvalue weighted by Crippen LogP contribution is 2.31. The Labute approximate surface area is 180 Å². The van der Waals surface area contributed by atoms with E-state index in [1.54, 1.807) is 4.57 Å². The molecule has 30 heavy (non-hydrogen) atoms. The Morgan fingerprint density at radius 2 is 2.07 bits per heavy atom. The molecule has 6 nitrogen and oxygen atoms in total. The Bertz CT molecular complexity index is 1170. The fraction of sp³-hybridized carbons (Fsp3) is 0.435. The van der Waals surface area contributed by atoms with E-state index in [-0.39, 0.29) is 28.3 Å². The van der Waals surface area contributed by atoms with Crippen molar-refractivity contribution in [2.75, 3.05) is 0 Å². The Hall–Kier alpha value is -2.67. The second-order valence-corrected chi connectivity index (χ2v) is 8.45. The SMILES string of the molecule is CCC(Cc1c[nH]c2ccccc12)N=Cc1c(O)n(C2CCCCC2)c(=S)[nH]c1=O. The van der Waals surface area contributed by atoms with E-state index >= 15 is 0 Å². The molecule has 3 aromatic rings. The summed E-state index contributed by atoms with van der Waals surface area (Å²) in [5.41, 5.74) is 2.10. The van der Waals surface area contributed by atoms with Gasteiger partial charge in [-0.3, -0.25) is 19.3 Å². The second kappa shape index (κ2) is 9.00. The molecule has 7 heteroatoms. The summed E-state index contributed by atoms with van der Waals surface area (Å²) < 4.78 is 1.99. The fourth-order valence-electron chi connectivity index (χ4n) is 4.38. The van der Waals surface area contributed by atoms with Gasteiger partial charge in [0.1, 0.15) is 5.56 Å². The molecule has 1 fully saturated rings. The van der Waals surface area contributed by atoms with Gasteiger partial charge < -0.3 is 10.1 Å². The first-order chi connectivity index (χ1) is 14.6. The maximum atomic E-state index is 12.5. The minimum atomic E-state index is -0.393. The molecule has 1 aliphatic rings. The van der Waals surface area contributed by atoms with E-state index in [1.165, 1.54) is 23.6 Å². The third-order valence-corrected chi connectivity index (χ3v) is 6.41.